The molecule has 1 atom stereocenters. The molecule has 11 heteroatoms. The van der Waals surface area contributed by atoms with Crippen LogP contribution in [0.2, 0.25) is 0 Å². The Morgan fingerprint density at radius 3 is 2.48 bits per heavy atom. The monoisotopic (exact) mass is 598 g/mol. The molecule has 0 saturated heterocycles. The van der Waals surface area contributed by atoms with Crippen LogP contribution in [0.1, 0.15) is 26.3 Å². The van der Waals surface area contributed by atoms with Crippen molar-refractivity contribution in [2.75, 3.05) is 23.5 Å². The molecule has 0 bridgehead atoms. The zero-order valence-electron chi connectivity index (χ0n) is 22.9. The lowest BCUT2D eigenvalue weighted by Crippen LogP contribution is -2.56. The van der Waals surface area contributed by atoms with Crippen LogP contribution in [0, 0.1) is 0 Å². The third-order valence-corrected chi connectivity index (χ3v) is 9.90. The molecule has 1 aliphatic heterocycles. The van der Waals surface area contributed by atoms with Crippen LogP contribution in [-0.4, -0.2) is 50.4 Å². The van der Waals surface area contributed by atoms with Crippen LogP contribution in [0.25, 0.3) is 11.1 Å². The Morgan fingerprint density at radius 1 is 1.12 bits per heavy atom. The number of nitrogens with zero attached hydrogens (tertiary/aromatic N) is 1. The van der Waals surface area contributed by atoms with Gasteiger partial charge in [-0.05, 0) is 55.5 Å². The Hall–Kier alpha value is -2.83. The summed E-state index contributed by atoms with van der Waals surface area (Å²) in [7, 11) is -3.65. The van der Waals surface area contributed by atoms with Crippen LogP contribution in [0.4, 0.5) is 5.69 Å². The number of sulfonamides is 1. The third kappa shape index (κ3) is 6.72. The van der Waals surface area contributed by atoms with E-state index in [0.717, 1.165) is 26.6 Å². The van der Waals surface area contributed by atoms with E-state index >= 15 is 0 Å². The van der Waals surface area contributed by atoms with Gasteiger partial charge in [0.25, 0.3) is 5.91 Å². The number of hydrogen-bond donors (Lipinski definition) is 3. The number of rotatable bonds is 9. The molecule has 0 unspecified atom stereocenters. The molecule has 0 spiro atoms. The highest BCUT2D eigenvalue weighted by atomic mass is 32.2. The third-order valence-electron chi connectivity index (χ3n) is 6.43. The summed E-state index contributed by atoms with van der Waals surface area (Å²) in [6.45, 7) is 5.53. The number of anilines is 1. The number of carbonyl (C=O) groups excluding carboxylic acids is 2. The van der Waals surface area contributed by atoms with Gasteiger partial charge in [0.05, 0.1) is 22.7 Å². The first-order chi connectivity index (χ1) is 18.9. The first kappa shape index (κ1) is 30.1. The molecule has 4 rings (SSSR count). The fourth-order valence-electron chi connectivity index (χ4n) is 4.30. The summed E-state index contributed by atoms with van der Waals surface area (Å²) in [4.78, 5) is 30.4. The summed E-state index contributed by atoms with van der Waals surface area (Å²) >= 11 is 3.16. The molecule has 1 heterocycles. The number of amides is 2. The van der Waals surface area contributed by atoms with E-state index in [-0.39, 0.29) is 17.3 Å². The summed E-state index contributed by atoms with van der Waals surface area (Å²) in [6, 6.07) is 19.6. The first-order valence-corrected chi connectivity index (χ1v) is 16.5. The zero-order valence-corrected chi connectivity index (χ0v) is 25.4. The van der Waals surface area contributed by atoms with Crippen molar-refractivity contribution in [1.29, 1.82) is 0 Å². The van der Waals surface area contributed by atoms with Gasteiger partial charge in [0.1, 0.15) is 6.04 Å². The van der Waals surface area contributed by atoms with Gasteiger partial charge in [-0.3, -0.25) is 9.59 Å². The average Bonchev–Trinajstić information content (AvgIpc) is 3.05. The number of carbonyl (C=O) groups is 2. The Kier molecular flexibility index (Phi) is 9.31. The van der Waals surface area contributed by atoms with Gasteiger partial charge in [0.2, 0.25) is 15.9 Å². The smallest absolute Gasteiger partial charge is 0.250 e. The van der Waals surface area contributed by atoms with Crippen LogP contribution >= 0.6 is 23.5 Å². The maximum atomic E-state index is 13.8. The van der Waals surface area contributed by atoms with E-state index in [2.05, 4.69) is 16.1 Å². The van der Waals surface area contributed by atoms with Gasteiger partial charge in [0.15, 0.2) is 0 Å². The molecular weight excluding hydrogens is 565 g/mol. The van der Waals surface area contributed by atoms with E-state index in [1.165, 1.54) is 11.8 Å². The highest BCUT2D eigenvalue weighted by molar-refractivity contribution is 8.00. The fraction of sp³-hybridized carbons (Fsp3) is 0.310. The molecular formula is C29H34N4O4S3. The molecule has 3 aromatic carbocycles. The van der Waals surface area contributed by atoms with Gasteiger partial charge < -0.3 is 16.0 Å². The summed E-state index contributed by atoms with van der Waals surface area (Å²) in [5, 5.41) is 2.85. The predicted molar refractivity (Wildman–Crippen MR) is 163 cm³/mol. The minimum Gasteiger partial charge on any atom is -0.342 e. The van der Waals surface area contributed by atoms with E-state index in [0.29, 0.717) is 17.9 Å². The summed E-state index contributed by atoms with van der Waals surface area (Å²) in [5.41, 5.74) is 7.86. The molecule has 0 saturated carbocycles. The Balaban J connectivity index is 1.66. The zero-order chi connectivity index (χ0) is 29.1. The quantitative estimate of drug-likeness (QED) is 0.315. The highest BCUT2D eigenvalue weighted by Crippen LogP contribution is 2.38. The maximum Gasteiger partial charge on any atom is 0.250 e. The van der Waals surface area contributed by atoms with Crippen molar-refractivity contribution in [3.05, 3.63) is 72.3 Å². The number of thioether (sulfide) groups is 2. The van der Waals surface area contributed by atoms with Gasteiger partial charge in [-0.25, -0.2) is 13.1 Å². The minimum absolute atomic E-state index is 0.212. The number of nitrogens with one attached hydrogen (secondary N) is 2. The lowest BCUT2D eigenvalue weighted by Gasteiger charge is -2.28. The topological polar surface area (TPSA) is 122 Å². The van der Waals surface area contributed by atoms with Gasteiger partial charge in [-0.2, -0.15) is 0 Å². The second kappa shape index (κ2) is 12.4. The van der Waals surface area contributed by atoms with Crippen molar-refractivity contribution in [3.63, 3.8) is 0 Å². The fourth-order valence-corrected chi connectivity index (χ4v) is 7.19. The maximum absolute atomic E-state index is 13.8. The summed E-state index contributed by atoms with van der Waals surface area (Å²) in [6.07, 6.45) is 2.00. The van der Waals surface area contributed by atoms with E-state index in [9.17, 15) is 18.0 Å². The Labute approximate surface area is 244 Å². The number of hydrogen-bond acceptors (Lipinski definition) is 7. The van der Waals surface area contributed by atoms with Gasteiger partial charge in [-0.1, -0.05) is 49.4 Å². The van der Waals surface area contributed by atoms with E-state index < -0.39 is 27.5 Å². The van der Waals surface area contributed by atoms with Crippen molar-refractivity contribution in [1.82, 2.24) is 10.0 Å². The number of nitrogens with two attached hydrogens (primary N) is 1. The largest absolute Gasteiger partial charge is 0.342 e. The summed E-state index contributed by atoms with van der Waals surface area (Å²) in [5.74, 6) is -0.220. The van der Waals surface area contributed by atoms with Crippen LogP contribution in [-0.2, 0) is 26.2 Å². The molecule has 2 amide bonds. The number of benzene rings is 3. The van der Waals surface area contributed by atoms with Crippen molar-refractivity contribution < 1.29 is 18.0 Å². The van der Waals surface area contributed by atoms with E-state index in [1.54, 1.807) is 61.7 Å². The van der Waals surface area contributed by atoms with Crippen LogP contribution in [0.15, 0.2) is 81.4 Å². The van der Waals surface area contributed by atoms with Crippen molar-refractivity contribution in [2.24, 2.45) is 5.73 Å². The van der Waals surface area contributed by atoms with E-state index in [1.807, 2.05) is 42.7 Å². The molecule has 3 aromatic rings. The number of fused-ring (bicyclic) bond motifs is 1. The Morgan fingerprint density at radius 2 is 1.82 bits per heavy atom. The Bertz CT molecular complexity index is 1500. The molecule has 0 radical (unpaired) electrons. The average molecular weight is 599 g/mol. The second-order valence-corrected chi connectivity index (χ2v) is 13.7. The lowest BCUT2D eigenvalue weighted by molar-refractivity contribution is -0.129. The standard InChI is InChI=1S/C29H34N4O4S3/c1-5-31-40(36,37)26-9-7-6-8-22(26)20-12-10-19(11-13-20)17-33-24-15-14-21(38-4)16-25(24)39-18-23(27(33)34)32-28(35)29(2,3)30/h6-16,23,31H,5,17-18,30H2,1-4H3,(H,32,35)/t23-/m1/s1. The lowest BCUT2D eigenvalue weighted by atomic mass is 10.0. The molecule has 40 heavy (non-hydrogen) atoms. The molecule has 4 N–H and O–H groups in total. The molecule has 212 valence electrons. The molecule has 1 aliphatic rings. The van der Waals surface area contributed by atoms with Crippen molar-refractivity contribution in [2.45, 2.75) is 53.6 Å². The van der Waals surface area contributed by atoms with E-state index in [4.69, 9.17) is 5.73 Å². The van der Waals surface area contributed by atoms with Crippen LogP contribution < -0.4 is 20.7 Å². The van der Waals surface area contributed by atoms with Gasteiger partial charge >= 0.3 is 0 Å². The molecule has 0 aromatic heterocycles. The normalized spacial score (nSPS) is 15.9. The molecule has 0 aliphatic carbocycles. The first-order valence-electron chi connectivity index (χ1n) is 12.8. The second-order valence-electron chi connectivity index (χ2n) is 10.0. The predicted octanol–water partition coefficient (Wildman–Crippen LogP) is 4.23. The van der Waals surface area contributed by atoms with Gasteiger partial charge in [0, 0.05) is 27.7 Å². The highest BCUT2D eigenvalue weighted by Gasteiger charge is 2.34. The van der Waals surface area contributed by atoms with Crippen molar-refractivity contribution >= 4 is 51.0 Å². The SMILES string of the molecule is CCNS(=O)(=O)c1ccccc1-c1ccc(CN2C(=O)[C@H](NC(=O)C(C)(C)N)CSc3cc(SC)ccc32)cc1. The minimum atomic E-state index is -3.65. The van der Waals surface area contributed by atoms with Gasteiger partial charge in [-0.15, -0.1) is 23.5 Å². The van der Waals surface area contributed by atoms with Crippen LogP contribution in [0.3, 0.4) is 0 Å². The summed E-state index contributed by atoms with van der Waals surface area (Å²) < 4.78 is 28.1. The molecule has 0 fully saturated rings. The van der Waals surface area contributed by atoms with Crippen molar-refractivity contribution in [3.8, 4) is 11.1 Å². The molecule has 8 nitrogen and oxygen atoms in total. The van der Waals surface area contributed by atoms with Crippen LogP contribution in [0.5, 0.6) is 0 Å².